The predicted molar refractivity (Wildman–Crippen MR) is 107 cm³/mol. The number of carbonyl (C=O) groups excluding carboxylic acids is 1. The molecular weight excluding hydrogens is 382 g/mol. The zero-order valence-corrected chi connectivity index (χ0v) is 16.3. The summed E-state index contributed by atoms with van der Waals surface area (Å²) in [7, 11) is 1.88. The summed E-state index contributed by atoms with van der Waals surface area (Å²) in [6.07, 6.45) is 1.56. The molecule has 0 radical (unpaired) electrons. The second-order valence-electron chi connectivity index (χ2n) is 6.08. The number of aryl methyl sites for hydroxylation is 2. The minimum atomic E-state index is -0.208. The van der Waals surface area contributed by atoms with Gasteiger partial charge in [-0.25, -0.2) is 15.0 Å². The minimum Gasteiger partial charge on any atom is -0.346 e. The fourth-order valence-corrected chi connectivity index (χ4v) is 3.68. The summed E-state index contributed by atoms with van der Waals surface area (Å²) in [5.74, 6) is 0.499. The summed E-state index contributed by atoms with van der Waals surface area (Å²) in [4.78, 5) is 25.8. The van der Waals surface area contributed by atoms with Crippen molar-refractivity contribution >= 4 is 40.0 Å². The molecule has 0 saturated carbocycles. The number of amides is 1. The highest BCUT2D eigenvalue weighted by Gasteiger charge is 2.15. The molecule has 0 bridgehead atoms. The Morgan fingerprint density at radius 1 is 1.30 bits per heavy atom. The van der Waals surface area contributed by atoms with Gasteiger partial charge in [0, 0.05) is 24.2 Å². The molecule has 1 N–H and O–H groups in total. The molecule has 4 rings (SSSR count). The van der Waals surface area contributed by atoms with Gasteiger partial charge in [0.05, 0.1) is 27.8 Å². The zero-order valence-electron chi connectivity index (χ0n) is 14.7. The number of rotatable bonds is 4. The first-order valence-corrected chi connectivity index (χ1v) is 9.55. The summed E-state index contributed by atoms with van der Waals surface area (Å²) in [6, 6.07) is 9.26. The molecule has 0 unspecified atom stereocenters. The Bertz CT molecular complexity index is 1150. The van der Waals surface area contributed by atoms with Crippen LogP contribution in [0.15, 0.2) is 41.9 Å². The Morgan fingerprint density at radius 3 is 2.85 bits per heavy atom. The van der Waals surface area contributed by atoms with Gasteiger partial charge in [-0.1, -0.05) is 23.7 Å². The quantitative estimate of drug-likeness (QED) is 0.565. The molecule has 0 saturated heterocycles. The first-order chi connectivity index (χ1) is 13.0. The van der Waals surface area contributed by atoms with Crippen LogP contribution >= 0.6 is 22.9 Å². The molecule has 0 atom stereocenters. The van der Waals surface area contributed by atoms with E-state index in [2.05, 4.69) is 20.3 Å². The third kappa shape index (κ3) is 3.43. The first-order valence-electron chi connectivity index (χ1n) is 8.29. The maximum Gasteiger partial charge on any atom is 0.253 e. The van der Waals surface area contributed by atoms with Crippen molar-refractivity contribution in [3.05, 3.63) is 63.2 Å². The molecule has 0 aliphatic rings. The summed E-state index contributed by atoms with van der Waals surface area (Å²) in [5, 5.41) is 6.39. The number of imidazole rings is 1. The van der Waals surface area contributed by atoms with Crippen LogP contribution in [0.4, 0.5) is 0 Å². The van der Waals surface area contributed by atoms with Crippen LogP contribution < -0.4 is 5.32 Å². The van der Waals surface area contributed by atoms with Gasteiger partial charge in [0.25, 0.3) is 5.91 Å². The van der Waals surface area contributed by atoms with Gasteiger partial charge >= 0.3 is 0 Å². The van der Waals surface area contributed by atoms with Crippen molar-refractivity contribution < 1.29 is 4.79 Å². The molecular formula is C19H16ClN5OS. The van der Waals surface area contributed by atoms with Crippen molar-refractivity contribution in [1.82, 2.24) is 24.8 Å². The summed E-state index contributed by atoms with van der Waals surface area (Å²) >= 11 is 7.86. The highest BCUT2D eigenvalue weighted by atomic mass is 35.5. The topological polar surface area (TPSA) is 72.7 Å². The molecule has 3 heterocycles. The molecule has 0 aliphatic heterocycles. The molecule has 0 aliphatic carbocycles. The summed E-state index contributed by atoms with van der Waals surface area (Å²) in [5.41, 5.74) is 3.46. The van der Waals surface area contributed by atoms with Crippen LogP contribution in [-0.4, -0.2) is 25.4 Å². The average Bonchev–Trinajstić information content (AvgIpc) is 3.23. The molecule has 0 fully saturated rings. The van der Waals surface area contributed by atoms with Crippen LogP contribution in [-0.2, 0) is 13.6 Å². The standard InChI is InChI=1S/C19H16ClN5OS/c1-11-23-13(10-27-11)9-22-19(26)12-7-16-18(21-8-12)25(2)17(24-16)14-5-3-4-6-15(14)20/h3-8,10H,9H2,1-2H3,(H,22,26). The SMILES string of the molecule is Cc1nc(CNC(=O)c2cnc3c(c2)nc(-c2ccccc2Cl)n3C)cs1. The molecule has 1 aromatic carbocycles. The lowest BCUT2D eigenvalue weighted by molar-refractivity contribution is 0.0950. The Labute approximate surface area is 164 Å². The molecule has 4 aromatic rings. The third-order valence-electron chi connectivity index (χ3n) is 4.18. The molecule has 3 aromatic heterocycles. The number of thiazole rings is 1. The summed E-state index contributed by atoms with van der Waals surface area (Å²) < 4.78 is 1.87. The lowest BCUT2D eigenvalue weighted by Gasteiger charge is -2.04. The van der Waals surface area contributed by atoms with E-state index in [0.29, 0.717) is 34.1 Å². The fourth-order valence-electron chi connectivity index (χ4n) is 2.85. The van der Waals surface area contributed by atoms with Crippen LogP contribution in [0.2, 0.25) is 5.02 Å². The number of hydrogen-bond donors (Lipinski definition) is 1. The predicted octanol–water partition coefficient (Wildman–Crippen LogP) is 3.98. The zero-order chi connectivity index (χ0) is 19.0. The molecule has 6 nitrogen and oxygen atoms in total. The van der Waals surface area contributed by atoms with E-state index in [1.54, 1.807) is 23.6 Å². The van der Waals surface area contributed by atoms with E-state index in [1.165, 1.54) is 0 Å². The number of fused-ring (bicyclic) bond motifs is 1. The number of pyridine rings is 1. The smallest absolute Gasteiger partial charge is 0.253 e. The largest absolute Gasteiger partial charge is 0.346 e. The average molecular weight is 398 g/mol. The number of nitrogens with one attached hydrogen (secondary N) is 1. The molecule has 8 heteroatoms. The maximum atomic E-state index is 12.5. The maximum absolute atomic E-state index is 12.5. The van der Waals surface area contributed by atoms with Gasteiger partial charge in [-0.05, 0) is 25.1 Å². The van der Waals surface area contributed by atoms with Gasteiger partial charge in [0.1, 0.15) is 11.3 Å². The Morgan fingerprint density at radius 2 is 2.11 bits per heavy atom. The second kappa shape index (κ2) is 7.09. The molecule has 27 heavy (non-hydrogen) atoms. The number of aromatic nitrogens is 4. The van der Waals surface area contributed by atoms with Gasteiger partial charge in [-0.15, -0.1) is 11.3 Å². The van der Waals surface area contributed by atoms with Gasteiger partial charge in [-0.2, -0.15) is 0 Å². The fraction of sp³-hybridized carbons (Fsp3) is 0.158. The highest BCUT2D eigenvalue weighted by molar-refractivity contribution is 7.09. The van der Waals surface area contributed by atoms with E-state index >= 15 is 0 Å². The first kappa shape index (κ1) is 17.6. The van der Waals surface area contributed by atoms with Gasteiger partial charge in [0.15, 0.2) is 5.65 Å². The van der Waals surface area contributed by atoms with Crippen molar-refractivity contribution in [3.8, 4) is 11.4 Å². The molecule has 0 spiro atoms. The number of hydrogen-bond acceptors (Lipinski definition) is 5. The normalized spacial score (nSPS) is 11.1. The van der Waals surface area contributed by atoms with Gasteiger partial charge < -0.3 is 9.88 Å². The number of benzene rings is 1. The summed E-state index contributed by atoms with van der Waals surface area (Å²) in [6.45, 7) is 2.32. The van der Waals surface area contributed by atoms with Crippen LogP contribution in [0.5, 0.6) is 0 Å². The Kier molecular flexibility index (Phi) is 4.63. The minimum absolute atomic E-state index is 0.208. The van der Waals surface area contributed by atoms with Crippen LogP contribution in [0.1, 0.15) is 21.1 Å². The van der Waals surface area contributed by atoms with Gasteiger partial charge in [0.2, 0.25) is 0 Å². The van der Waals surface area contributed by atoms with Crippen LogP contribution in [0.3, 0.4) is 0 Å². The van der Waals surface area contributed by atoms with E-state index < -0.39 is 0 Å². The van der Waals surface area contributed by atoms with Crippen molar-refractivity contribution in [3.63, 3.8) is 0 Å². The highest BCUT2D eigenvalue weighted by Crippen LogP contribution is 2.28. The second-order valence-corrected chi connectivity index (χ2v) is 7.55. The Hall–Kier alpha value is -2.77. The van der Waals surface area contributed by atoms with Crippen molar-refractivity contribution in [2.75, 3.05) is 0 Å². The lowest BCUT2D eigenvalue weighted by atomic mass is 10.2. The Balaban J connectivity index is 1.62. The molecule has 1 amide bonds. The molecule has 136 valence electrons. The number of halogens is 1. The van der Waals surface area contributed by atoms with Gasteiger partial charge in [-0.3, -0.25) is 4.79 Å². The van der Waals surface area contributed by atoms with Crippen molar-refractivity contribution in [2.45, 2.75) is 13.5 Å². The number of carbonyl (C=O) groups is 1. The van der Waals surface area contributed by atoms with E-state index in [4.69, 9.17) is 11.6 Å². The van der Waals surface area contributed by atoms with Crippen molar-refractivity contribution in [2.24, 2.45) is 7.05 Å². The lowest BCUT2D eigenvalue weighted by Crippen LogP contribution is -2.23. The van der Waals surface area contributed by atoms with Crippen LogP contribution in [0, 0.1) is 6.92 Å². The monoisotopic (exact) mass is 397 g/mol. The number of nitrogens with zero attached hydrogens (tertiary/aromatic N) is 4. The van der Waals surface area contributed by atoms with Crippen LogP contribution in [0.25, 0.3) is 22.6 Å². The van der Waals surface area contributed by atoms with E-state index in [9.17, 15) is 4.79 Å². The van der Waals surface area contributed by atoms with E-state index in [1.807, 2.05) is 48.2 Å². The van der Waals surface area contributed by atoms with E-state index in [-0.39, 0.29) is 5.91 Å². The van der Waals surface area contributed by atoms with E-state index in [0.717, 1.165) is 16.3 Å². The van der Waals surface area contributed by atoms with Crippen molar-refractivity contribution in [1.29, 1.82) is 0 Å². The third-order valence-corrected chi connectivity index (χ3v) is 5.33.